The lowest BCUT2D eigenvalue weighted by Crippen LogP contribution is -2.58. The van der Waals surface area contributed by atoms with E-state index in [-0.39, 0.29) is 0 Å². The zero-order chi connectivity index (χ0) is 23.7. The Morgan fingerprint density at radius 2 is 1.24 bits per heavy atom. The predicted molar refractivity (Wildman–Crippen MR) is 57.9 cm³/mol. The minimum absolute atomic E-state index is 2.15. The first kappa shape index (κ1) is 27.4. The second kappa shape index (κ2) is 8.28. The molecule has 0 aliphatic rings. The first-order chi connectivity index (χ1) is 12.5. The molecule has 0 aromatic rings. The maximum Gasteiger partial charge on any atom is 0.522 e. The third kappa shape index (κ3) is 6.73. The van der Waals surface area contributed by atoms with Crippen LogP contribution in [-0.4, -0.2) is 44.7 Å². The molecule has 0 aromatic carbocycles. The molecule has 1 unspecified atom stereocenters. The Kier molecular flexibility index (Phi) is 7.83. The van der Waals surface area contributed by atoms with Crippen molar-refractivity contribution in [3.8, 4) is 0 Å². The molecule has 174 valence electrons. The molecule has 0 spiro atoms. The summed E-state index contributed by atoms with van der Waals surface area (Å²) in [5, 5.41) is -7.13. The number of halogens is 14. The highest BCUT2D eigenvalue weighted by Gasteiger charge is 2.74. The van der Waals surface area contributed by atoms with Gasteiger partial charge in [-0.05, 0) is 0 Å². The summed E-state index contributed by atoms with van der Waals surface area (Å²) in [5.74, 6) is -6.11. The molecule has 0 aliphatic heterocycles. The van der Waals surface area contributed by atoms with Gasteiger partial charge < -0.3 is 4.74 Å². The van der Waals surface area contributed by atoms with Crippen LogP contribution in [0.4, 0.5) is 61.0 Å². The zero-order valence-electron chi connectivity index (χ0n) is 12.7. The van der Waals surface area contributed by atoms with Gasteiger partial charge in [-0.1, -0.05) is 3.89 Å². The molecule has 0 aliphatic carbocycles. The largest absolute Gasteiger partial charge is 0.522 e. The predicted octanol–water partition coefficient (Wildman–Crippen LogP) is 4.72. The van der Waals surface area contributed by atoms with Crippen molar-refractivity contribution in [3.05, 3.63) is 12.1 Å². The van der Waals surface area contributed by atoms with Crippen molar-refractivity contribution in [2.75, 3.05) is 6.61 Å². The van der Waals surface area contributed by atoms with E-state index in [1.807, 2.05) is 0 Å². The van der Waals surface area contributed by atoms with Crippen molar-refractivity contribution in [2.45, 2.75) is 36.1 Å². The van der Waals surface area contributed by atoms with Crippen LogP contribution in [0.3, 0.4) is 0 Å². The summed E-state index contributed by atoms with van der Waals surface area (Å²) in [5.41, 5.74) is 0. The van der Waals surface area contributed by atoms with Crippen molar-refractivity contribution in [1.82, 2.24) is 0 Å². The summed E-state index contributed by atoms with van der Waals surface area (Å²) >= 11 is 0. The van der Waals surface area contributed by atoms with Crippen LogP contribution >= 0.6 is 0 Å². The fraction of sp³-hybridized carbons (Fsp3) is 0.778. The van der Waals surface area contributed by atoms with Crippen molar-refractivity contribution in [2.24, 2.45) is 0 Å². The van der Waals surface area contributed by atoms with Gasteiger partial charge in [0.05, 0.1) is 6.61 Å². The van der Waals surface area contributed by atoms with E-state index >= 15 is 0 Å². The van der Waals surface area contributed by atoms with Crippen LogP contribution < -0.4 is 0 Å². The van der Waals surface area contributed by atoms with E-state index in [1.165, 1.54) is 0 Å². The molecule has 0 radical (unpaired) electrons. The molecule has 0 amide bonds. The third-order valence-corrected chi connectivity index (χ3v) is 3.28. The molecule has 0 fully saturated rings. The van der Waals surface area contributed by atoms with Crippen LogP contribution in [0, 0.1) is 0 Å². The monoisotopic (exact) mass is 490 g/mol. The zero-order valence-corrected chi connectivity index (χ0v) is 13.5. The molecule has 0 aromatic heterocycles. The standard InChI is InChI=1S/C9H4F14O5S/c10-3(11)4(12)27-6(14,15)5(13,1-2-26-9(20,21)22)28-7(16,17)8(18,19)29(23,24)25/h1-2H2. The van der Waals surface area contributed by atoms with Gasteiger partial charge in [-0.15, -0.1) is 13.2 Å². The molecule has 29 heavy (non-hydrogen) atoms. The van der Waals surface area contributed by atoms with Gasteiger partial charge in [0, 0.05) is 6.42 Å². The Labute approximate surface area is 150 Å². The van der Waals surface area contributed by atoms with Gasteiger partial charge in [0.15, 0.2) is 0 Å². The van der Waals surface area contributed by atoms with Crippen molar-refractivity contribution >= 4 is 10.2 Å². The van der Waals surface area contributed by atoms with Crippen LogP contribution in [0.5, 0.6) is 0 Å². The maximum atomic E-state index is 14.1. The van der Waals surface area contributed by atoms with Crippen LogP contribution in [0.2, 0.25) is 0 Å². The van der Waals surface area contributed by atoms with Crippen molar-refractivity contribution < 1.29 is 83.6 Å². The number of hydrogen-bond acceptors (Lipinski definition) is 5. The molecule has 5 nitrogen and oxygen atoms in total. The number of hydrogen-bond donors (Lipinski definition) is 0. The Hall–Kier alpha value is -1.57. The molecule has 0 bridgehead atoms. The average molecular weight is 490 g/mol. The lowest BCUT2D eigenvalue weighted by molar-refractivity contribution is -0.460. The van der Waals surface area contributed by atoms with E-state index in [0.29, 0.717) is 0 Å². The molecule has 0 rings (SSSR count). The number of rotatable bonds is 10. The molecule has 0 heterocycles. The average Bonchev–Trinajstić information content (AvgIpc) is 2.42. The summed E-state index contributed by atoms with van der Waals surface area (Å²) in [6.07, 6.45) is -26.2. The fourth-order valence-electron chi connectivity index (χ4n) is 1.19. The van der Waals surface area contributed by atoms with Gasteiger partial charge in [-0.25, -0.2) is 4.39 Å². The molecule has 0 saturated heterocycles. The summed E-state index contributed by atoms with van der Waals surface area (Å²) in [6.45, 7) is -2.49. The van der Waals surface area contributed by atoms with Gasteiger partial charge in [0.25, 0.3) is 0 Å². The highest BCUT2D eigenvalue weighted by molar-refractivity contribution is 7.87. The van der Waals surface area contributed by atoms with Gasteiger partial charge in [-0.3, -0.25) is 9.47 Å². The first-order valence-corrected chi connectivity index (χ1v) is 7.44. The van der Waals surface area contributed by atoms with Gasteiger partial charge in [0.1, 0.15) is 0 Å². The summed E-state index contributed by atoms with van der Waals surface area (Å²) < 4.78 is 203. The van der Waals surface area contributed by atoms with E-state index < -0.39 is 65.0 Å². The van der Waals surface area contributed by atoms with Gasteiger partial charge in [0.2, 0.25) is 0 Å². The lowest BCUT2D eigenvalue weighted by Gasteiger charge is -2.35. The van der Waals surface area contributed by atoms with E-state index in [0.717, 1.165) is 0 Å². The maximum absolute atomic E-state index is 14.1. The number of ether oxygens (including phenoxy) is 3. The Balaban J connectivity index is 6.14. The van der Waals surface area contributed by atoms with Gasteiger partial charge >= 0.3 is 52.0 Å². The van der Waals surface area contributed by atoms with E-state index in [1.54, 1.807) is 0 Å². The smallest absolute Gasteiger partial charge is 0.398 e. The van der Waals surface area contributed by atoms with Gasteiger partial charge in [-0.2, -0.15) is 47.9 Å². The molecule has 1 atom stereocenters. The third-order valence-electron chi connectivity index (χ3n) is 2.43. The second-order valence-electron chi connectivity index (χ2n) is 4.50. The summed E-state index contributed by atoms with van der Waals surface area (Å²) in [4.78, 5) is 0. The van der Waals surface area contributed by atoms with Crippen molar-refractivity contribution in [3.63, 3.8) is 0 Å². The SMILES string of the molecule is O=S(=O)(F)C(F)(F)C(F)(F)OC(F)(CCOC(F)(F)F)C(F)(F)OC(F)=C(F)F. The molecular weight excluding hydrogens is 486 g/mol. The lowest BCUT2D eigenvalue weighted by atomic mass is 10.2. The number of alkyl halides is 10. The van der Waals surface area contributed by atoms with E-state index in [4.69, 9.17) is 0 Å². The molecular formula is C9H4F14O5S. The van der Waals surface area contributed by atoms with Crippen LogP contribution in [0.25, 0.3) is 0 Å². The van der Waals surface area contributed by atoms with E-state index in [2.05, 4.69) is 14.2 Å². The van der Waals surface area contributed by atoms with Crippen molar-refractivity contribution in [1.29, 1.82) is 0 Å². The van der Waals surface area contributed by atoms with Crippen LogP contribution in [0.15, 0.2) is 12.1 Å². The second-order valence-corrected chi connectivity index (χ2v) is 5.89. The Bertz CT molecular complexity index is 711. The topological polar surface area (TPSA) is 61.8 Å². The van der Waals surface area contributed by atoms with Crippen LogP contribution in [-0.2, 0) is 24.4 Å². The normalized spacial score (nSPS) is 16.3. The molecule has 0 N–H and O–H groups in total. The quantitative estimate of drug-likeness (QED) is 0.252. The highest BCUT2D eigenvalue weighted by atomic mass is 32.3. The highest BCUT2D eigenvalue weighted by Crippen LogP contribution is 2.49. The minimum atomic E-state index is -7.73. The first-order valence-electron chi connectivity index (χ1n) is 6.06. The summed E-state index contributed by atoms with van der Waals surface area (Å²) in [6, 6.07) is -3.72. The Morgan fingerprint density at radius 3 is 1.59 bits per heavy atom. The minimum Gasteiger partial charge on any atom is -0.398 e. The molecule has 20 heteroatoms. The Morgan fingerprint density at radius 1 is 0.793 bits per heavy atom. The summed E-state index contributed by atoms with van der Waals surface area (Å²) in [7, 11) is -7.73. The van der Waals surface area contributed by atoms with Crippen LogP contribution in [0.1, 0.15) is 6.42 Å². The van der Waals surface area contributed by atoms with E-state index in [9.17, 15) is 69.4 Å². The fourth-order valence-corrected chi connectivity index (χ4v) is 1.51. The molecule has 0 saturated carbocycles.